The number of hydrogen-bond acceptors (Lipinski definition) is 5. The predicted octanol–water partition coefficient (Wildman–Crippen LogP) is 3.63. The molecule has 1 fully saturated rings. The third-order valence-electron chi connectivity index (χ3n) is 5.73. The topological polar surface area (TPSA) is 71.6 Å². The van der Waals surface area contributed by atoms with Gasteiger partial charge in [0.15, 0.2) is 23.1 Å². The van der Waals surface area contributed by atoms with Crippen LogP contribution in [0, 0.1) is 13.8 Å². The van der Waals surface area contributed by atoms with E-state index in [1.165, 1.54) is 6.92 Å². The van der Waals surface area contributed by atoms with E-state index in [1.54, 1.807) is 0 Å². The number of fused-ring (bicyclic) bond motifs is 1. The molecule has 1 atom stereocenters. The van der Waals surface area contributed by atoms with Crippen molar-refractivity contribution in [3.8, 4) is 11.5 Å². The number of ether oxygens (including phenoxy) is 2. The SMILES string of the molecule is CC(=O)c1c(C)[nH]c(C(=O)CN2CCC[C@@H]2c2ccc3c(c2)OCCO3)c1C. The maximum atomic E-state index is 13.0. The fraction of sp³-hybridized carbons (Fsp3) is 0.455. The van der Waals surface area contributed by atoms with Crippen LogP contribution in [-0.2, 0) is 0 Å². The lowest BCUT2D eigenvalue weighted by atomic mass is 10.0. The molecule has 0 amide bonds. The summed E-state index contributed by atoms with van der Waals surface area (Å²) in [6.45, 7) is 7.57. The van der Waals surface area contributed by atoms with Crippen molar-refractivity contribution in [2.75, 3.05) is 26.3 Å². The largest absolute Gasteiger partial charge is 0.486 e. The van der Waals surface area contributed by atoms with Crippen molar-refractivity contribution < 1.29 is 19.1 Å². The van der Waals surface area contributed by atoms with Gasteiger partial charge >= 0.3 is 0 Å². The van der Waals surface area contributed by atoms with E-state index >= 15 is 0 Å². The van der Waals surface area contributed by atoms with Crippen LogP contribution in [0.25, 0.3) is 0 Å². The number of likely N-dealkylation sites (tertiary alicyclic amines) is 1. The van der Waals surface area contributed by atoms with Gasteiger partial charge < -0.3 is 14.5 Å². The Hall–Kier alpha value is -2.60. The molecule has 28 heavy (non-hydrogen) atoms. The number of aryl methyl sites for hydroxylation is 1. The Kier molecular flexibility index (Phi) is 4.98. The van der Waals surface area contributed by atoms with Crippen molar-refractivity contribution in [1.29, 1.82) is 0 Å². The highest BCUT2D eigenvalue weighted by molar-refractivity contribution is 6.04. The normalized spacial score (nSPS) is 19.0. The fourth-order valence-electron chi connectivity index (χ4n) is 4.48. The van der Waals surface area contributed by atoms with E-state index in [2.05, 4.69) is 16.0 Å². The van der Waals surface area contributed by atoms with Crippen molar-refractivity contribution in [2.45, 2.75) is 39.7 Å². The Morgan fingerprint density at radius 3 is 2.64 bits per heavy atom. The molecule has 2 aromatic rings. The molecule has 4 rings (SSSR count). The van der Waals surface area contributed by atoms with Crippen LogP contribution in [0.15, 0.2) is 18.2 Å². The molecule has 0 bridgehead atoms. The maximum absolute atomic E-state index is 13.0. The van der Waals surface area contributed by atoms with Gasteiger partial charge in [0.2, 0.25) is 0 Å². The number of Topliss-reactive ketones (excluding diaryl/α,β-unsaturated/α-hetero) is 2. The molecule has 6 heteroatoms. The first-order valence-corrected chi connectivity index (χ1v) is 9.82. The highest BCUT2D eigenvalue weighted by atomic mass is 16.6. The van der Waals surface area contributed by atoms with E-state index in [1.807, 2.05) is 26.0 Å². The number of H-pyrrole nitrogens is 1. The van der Waals surface area contributed by atoms with E-state index in [4.69, 9.17) is 9.47 Å². The molecule has 3 heterocycles. The van der Waals surface area contributed by atoms with Crippen LogP contribution in [-0.4, -0.2) is 47.8 Å². The molecular weight excluding hydrogens is 356 g/mol. The summed E-state index contributed by atoms with van der Waals surface area (Å²) in [6, 6.07) is 6.25. The zero-order chi connectivity index (χ0) is 19.8. The molecule has 2 aliphatic rings. The molecule has 148 valence electrons. The highest BCUT2D eigenvalue weighted by Crippen LogP contribution is 2.38. The van der Waals surface area contributed by atoms with Crippen molar-refractivity contribution in [1.82, 2.24) is 9.88 Å². The number of nitrogens with one attached hydrogen (secondary N) is 1. The van der Waals surface area contributed by atoms with Crippen molar-refractivity contribution in [2.24, 2.45) is 0 Å². The number of benzene rings is 1. The minimum Gasteiger partial charge on any atom is -0.486 e. The highest BCUT2D eigenvalue weighted by Gasteiger charge is 2.30. The first kappa shape index (κ1) is 18.7. The van der Waals surface area contributed by atoms with Gasteiger partial charge in [-0.2, -0.15) is 0 Å². The smallest absolute Gasteiger partial charge is 0.193 e. The summed E-state index contributed by atoms with van der Waals surface area (Å²) >= 11 is 0. The van der Waals surface area contributed by atoms with Crippen LogP contribution < -0.4 is 9.47 Å². The molecule has 6 nitrogen and oxygen atoms in total. The molecule has 0 spiro atoms. The molecule has 1 aromatic carbocycles. The summed E-state index contributed by atoms with van der Waals surface area (Å²) in [5.41, 5.74) is 3.85. The first-order chi connectivity index (χ1) is 13.5. The predicted molar refractivity (Wildman–Crippen MR) is 106 cm³/mol. The number of aromatic nitrogens is 1. The van der Waals surface area contributed by atoms with Gasteiger partial charge in [0.25, 0.3) is 0 Å². The standard InChI is InChI=1S/C22H26N2O4/c1-13-21(15(3)25)14(2)23-22(13)18(26)12-24-8-4-5-17(24)16-6-7-19-20(11-16)28-10-9-27-19/h6-7,11,17,23H,4-5,8-10,12H2,1-3H3/t17-/m1/s1. The monoisotopic (exact) mass is 382 g/mol. The lowest BCUT2D eigenvalue weighted by molar-refractivity contribution is 0.0916. The molecule has 0 aliphatic carbocycles. The van der Waals surface area contributed by atoms with Crippen LogP contribution in [0.4, 0.5) is 0 Å². The number of rotatable bonds is 5. The second-order valence-corrected chi connectivity index (χ2v) is 7.64. The Balaban J connectivity index is 1.54. The van der Waals surface area contributed by atoms with Crippen LogP contribution in [0.1, 0.15) is 63.5 Å². The summed E-state index contributed by atoms with van der Waals surface area (Å²) < 4.78 is 11.3. The van der Waals surface area contributed by atoms with Gasteiger partial charge in [0.1, 0.15) is 13.2 Å². The van der Waals surface area contributed by atoms with Crippen LogP contribution in [0.2, 0.25) is 0 Å². The summed E-state index contributed by atoms with van der Waals surface area (Å²) in [5, 5.41) is 0. The second kappa shape index (κ2) is 7.43. The molecule has 0 saturated carbocycles. The summed E-state index contributed by atoms with van der Waals surface area (Å²) in [6.07, 6.45) is 2.06. The summed E-state index contributed by atoms with van der Waals surface area (Å²) in [4.78, 5) is 30.2. The number of hydrogen-bond donors (Lipinski definition) is 1. The van der Waals surface area contributed by atoms with Gasteiger partial charge in [0, 0.05) is 17.3 Å². The number of carbonyl (C=O) groups excluding carboxylic acids is 2. The van der Waals surface area contributed by atoms with Crippen LogP contribution in [0.5, 0.6) is 11.5 Å². The molecule has 1 aromatic heterocycles. The zero-order valence-corrected chi connectivity index (χ0v) is 16.6. The van der Waals surface area contributed by atoms with E-state index in [0.717, 1.165) is 47.7 Å². The minimum atomic E-state index is -0.0133. The first-order valence-electron chi connectivity index (χ1n) is 9.82. The van der Waals surface area contributed by atoms with Crippen LogP contribution in [0.3, 0.4) is 0 Å². The minimum absolute atomic E-state index is 0.0133. The second-order valence-electron chi connectivity index (χ2n) is 7.64. The molecule has 2 aliphatic heterocycles. The number of nitrogens with zero attached hydrogens (tertiary/aromatic N) is 1. The average Bonchev–Trinajstić information content (AvgIpc) is 3.25. The summed E-state index contributed by atoms with van der Waals surface area (Å²) in [7, 11) is 0. The van der Waals surface area contributed by atoms with Gasteiger partial charge in [-0.15, -0.1) is 0 Å². The Morgan fingerprint density at radius 1 is 1.18 bits per heavy atom. The lowest BCUT2D eigenvalue weighted by Crippen LogP contribution is -2.30. The number of aromatic amines is 1. The lowest BCUT2D eigenvalue weighted by Gasteiger charge is -2.26. The van der Waals surface area contributed by atoms with Gasteiger partial charge in [-0.25, -0.2) is 0 Å². The van der Waals surface area contributed by atoms with Crippen LogP contribution >= 0.6 is 0 Å². The van der Waals surface area contributed by atoms with Crippen molar-refractivity contribution in [3.63, 3.8) is 0 Å². The Labute approximate surface area is 164 Å². The van der Waals surface area contributed by atoms with E-state index < -0.39 is 0 Å². The van der Waals surface area contributed by atoms with Gasteiger partial charge in [-0.05, 0) is 63.4 Å². The van der Waals surface area contributed by atoms with Gasteiger partial charge in [0.05, 0.1) is 12.2 Å². The number of ketones is 2. The average molecular weight is 382 g/mol. The summed E-state index contributed by atoms with van der Waals surface area (Å²) in [5.74, 6) is 1.58. The quantitative estimate of drug-likeness (QED) is 0.800. The van der Waals surface area contributed by atoms with E-state index in [-0.39, 0.29) is 17.6 Å². The Bertz CT molecular complexity index is 931. The molecule has 0 unspecified atom stereocenters. The van der Waals surface area contributed by atoms with Crippen molar-refractivity contribution >= 4 is 11.6 Å². The third kappa shape index (κ3) is 3.33. The van der Waals surface area contributed by atoms with E-state index in [0.29, 0.717) is 31.0 Å². The van der Waals surface area contributed by atoms with Crippen molar-refractivity contribution in [3.05, 3.63) is 46.3 Å². The molecular formula is C22H26N2O4. The van der Waals surface area contributed by atoms with E-state index in [9.17, 15) is 9.59 Å². The number of carbonyl (C=O) groups is 2. The molecule has 1 saturated heterocycles. The Morgan fingerprint density at radius 2 is 1.93 bits per heavy atom. The fourth-order valence-corrected chi connectivity index (χ4v) is 4.48. The molecule has 0 radical (unpaired) electrons. The van der Waals surface area contributed by atoms with Gasteiger partial charge in [-0.1, -0.05) is 6.07 Å². The maximum Gasteiger partial charge on any atom is 0.193 e. The van der Waals surface area contributed by atoms with Gasteiger partial charge in [-0.3, -0.25) is 14.5 Å². The third-order valence-corrected chi connectivity index (χ3v) is 5.73. The zero-order valence-electron chi connectivity index (χ0n) is 16.6. The molecule has 1 N–H and O–H groups in total.